The molecule has 0 saturated carbocycles. The highest BCUT2D eigenvalue weighted by atomic mass is 35.5. The molecular formula is C16H18ClNO. The van der Waals surface area contributed by atoms with Crippen molar-refractivity contribution in [2.75, 3.05) is 12.3 Å². The minimum absolute atomic E-state index is 0.536. The van der Waals surface area contributed by atoms with Crippen molar-refractivity contribution in [3.8, 4) is 0 Å². The molecule has 0 spiro atoms. The largest absolute Gasteiger partial charge is 0.399 e. The van der Waals surface area contributed by atoms with E-state index in [4.69, 9.17) is 22.1 Å². The molecule has 0 aliphatic rings. The maximum atomic E-state index is 6.08. The van der Waals surface area contributed by atoms with Crippen molar-refractivity contribution in [2.45, 2.75) is 19.4 Å². The highest BCUT2D eigenvalue weighted by Gasteiger charge is 2.01. The number of aryl methyl sites for hydroxylation is 1. The first-order valence-electron chi connectivity index (χ1n) is 6.41. The molecule has 100 valence electrons. The predicted octanol–water partition coefficient (Wildman–Crippen LogP) is 4.07. The molecule has 0 aliphatic carbocycles. The molecule has 2 N–H and O–H groups in total. The maximum absolute atomic E-state index is 6.08. The van der Waals surface area contributed by atoms with Gasteiger partial charge in [0.2, 0.25) is 0 Å². The molecule has 0 amide bonds. The van der Waals surface area contributed by atoms with Crippen LogP contribution in [-0.2, 0) is 17.8 Å². The van der Waals surface area contributed by atoms with Gasteiger partial charge in [0, 0.05) is 17.3 Å². The van der Waals surface area contributed by atoms with Gasteiger partial charge in [-0.25, -0.2) is 0 Å². The first-order valence-corrected chi connectivity index (χ1v) is 6.79. The Hall–Kier alpha value is -1.51. The smallest absolute Gasteiger partial charge is 0.0731 e. The second-order valence-electron chi connectivity index (χ2n) is 4.49. The van der Waals surface area contributed by atoms with Crippen molar-refractivity contribution in [1.29, 1.82) is 0 Å². The van der Waals surface area contributed by atoms with Crippen LogP contribution < -0.4 is 5.73 Å². The van der Waals surface area contributed by atoms with Crippen LogP contribution in [0, 0.1) is 0 Å². The molecule has 2 aromatic carbocycles. The van der Waals surface area contributed by atoms with E-state index in [2.05, 4.69) is 24.3 Å². The average molecular weight is 276 g/mol. The standard InChI is InChI=1S/C16H18ClNO/c17-16-11-15(18)9-8-14(16)12-19-10-4-7-13-5-2-1-3-6-13/h1-3,5-6,8-9,11H,4,7,10,12,18H2. The fourth-order valence-corrected chi connectivity index (χ4v) is 2.13. The number of benzene rings is 2. The fraction of sp³-hybridized carbons (Fsp3) is 0.250. The van der Waals surface area contributed by atoms with Gasteiger partial charge >= 0.3 is 0 Å². The molecule has 0 unspecified atom stereocenters. The Kier molecular flexibility index (Phi) is 5.25. The minimum Gasteiger partial charge on any atom is -0.399 e. The first kappa shape index (κ1) is 13.9. The van der Waals surface area contributed by atoms with Crippen LogP contribution in [0.15, 0.2) is 48.5 Å². The lowest BCUT2D eigenvalue weighted by atomic mass is 10.1. The van der Waals surface area contributed by atoms with Crippen LogP contribution in [0.1, 0.15) is 17.5 Å². The van der Waals surface area contributed by atoms with E-state index in [1.165, 1.54) is 5.56 Å². The number of rotatable bonds is 6. The SMILES string of the molecule is Nc1ccc(COCCCc2ccccc2)c(Cl)c1. The lowest BCUT2D eigenvalue weighted by Gasteiger charge is -2.07. The first-order chi connectivity index (χ1) is 9.25. The van der Waals surface area contributed by atoms with Crippen molar-refractivity contribution < 1.29 is 4.74 Å². The quantitative estimate of drug-likeness (QED) is 0.637. The van der Waals surface area contributed by atoms with Crippen molar-refractivity contribution in [3.63, 3.8) is 0 Å². The van der Waals surface area contributed by atoms with Gasteiger partial charge in [-0.1, -0.05) is 48.0 Å². The molecule has 0 atom stereocenters. The fourth-order valence-electron chi connectivity index (χ4n) is 1.89. The number of hydrogen-bond donors (Lipinski definition) is 1. The Morgan fingerprint density at radius 2 is 1.84 bits per heavy atom. The van der Waals surface area contributed by atoms with Crippen molar-refractivity contribution in [1.82, 2.24) is 0 Å². The third kappa shape index (κ3) is 4.58. The molecule has 3 heteroatoms. The van der Waals surface area contributed by atoms with E-state index in [-0.39, 0.29) is 0 Å². The molecule has 0 saturated heterocycles. The van der Waals surface area contributed by atoms with Gasteiger partial charge in [0.05, 0.1) is 6.61 Å². The maximum Gasteiger partial charge on any atom is 0.0731 e. The molecule has 0 bridgehead atoms. The summed E-state index contributed by atoms with van der Waals surface area (Å²) in [7, 11) is 0. The normalized spacial score (nSPS) is 10.6. The molecule has 0 aromatic heterocycles. The zero-order valence-electron chi connectivity index (χ0n) is 10.8. The number of nitrogens with two attached hydrogens (primary N) is 1. The van der Waals surface area contributed by atoms with Crippen molar-refractivity contribution in [3.05, 3.63) is 64.7 Å². The van der Waals surface area contributed by atoms with Gasteiger partial charge in [0.15, 0.2) is 0 Å². The van der Waals surface area contributed by atoms with E-state index in [0.29, 0.717) is 17.3 Å². The molecule has 0 radical (unpaired) electrons. The summed E-state index contributed by atoms with van der Waals surface area (Å²) < 4.78 is 5.64. The van der Waals surface area contributed by atoms with Gasteiger partial charge in [-0.3, -0.25) is 0 Å². The summed E-state index contributed by atoms with van der Waals surface area (Å²) >= 11 is 6.08. The second kappa shape index (κ2) is 7.17. The van der Waals surface area contributed by atoms with Crippen LogP contribution in [0.5, 0.6) is 0 Å². The Morgan fingerprint density at radius 3 is 2.58 bits per heavy atom. The van der Waals surface area contributed by atoms with Crippen LogP contribution in [0.2, 0.25) is 5.02 Å². The average Bonchev–Trinajstić information content (AvgIpc) is 2.42. The van der Waals surface area contributed by atoms with Crippen LogP contribution in [0.25, 0.3) is 0 Å². The highest BCUT2D eigenvalue weighted by molar-refractivity contribution is 6.31. The van der Waals surface area contributed by atoms with E-state index in [1.807, 2.05) is 18.2 Å². The molecule has 2 rings (SSSR count). The molecule has 0 heterocycles. The molecule has 2 nitrogen and oxygen atoms in total. The molecule has 0 fully saturated rings. The number of anilines is 1. The van der Waals surface area contributed by atoms with E-state index in [1.54, 1.807) is 6.07 Å². The van der Waals surface area contributed by atoms with Gasteiger partial charge in [-0.15, -0.1) is 0 Å². The lowest BCUT2D eigenvalue weighted by molar-refractivity contribution is 0.119. The van der Waals surface area contributed by atoms with Gasteiger partial charge in [-0.05, 0) is 36.1 Å². The Labute approximate surface area is 119 Å². The minimum atomic E-state index is 0.536. The van der Waals surface area contributed by atoms with Crippen molar-refractivity contribution >= 4 is 17.3 Å². The Morgan fingerprint density at radius 1 is 1.05 bits per heavy atom. The van der Waals surface area contributed by atoms with E-state index in [9.17, 15) is 0 Å². The Balaban J connectivity index is 1.69. The summed E-state index contributed by atoms with van der Waals surface area (Å²) in [6.45, 7) is 1.27. The summed E-state index contributed by atoms with van der Waals surface area (Å²) in [4.78, 5) is 0. The van der Waals surface area contributed by atoms with Gasteiger partial charge in [0.1, 0.15) is 0 Å². The van der Waals surface area contributed by atoms with Crippen molar-refractivity contribution in [2.24, 2.45) is 0 Å². The van der Waals surface area contributed by atoms with Crippen LogP contribution in [0.4, 0.5) is 5.69 Å². The van der Waals surface area contributed by atoms with E-state index < -0.39 is 0 Å². The molecule has 2 aromatic rings. The third-order valence-electron chi connectivity index (χ3n) is 2.93. The highest BCUT2D eigenvalue weighted by Crippen LogP contribution is 2.19. The van der Waals surface area contributed by atoms with Crippen LogP contribution >= 0.6 is 11.6 Å². The lowest BCUT2D eigenvalue weighted by Crippen LogP contribution is -1.98. The molecule has 19 heavy (non-hydrogen) atoms. The zero-order valence-corrected chi connectivity index (χ0v) is 11.6. The summed E-state index contributed by atoms with van der Waals surface area (Å²) in [5.41, 5.74) is 8.65. The number of halogens is 1. The van der Waals surface area contributed by atoms with Gasteiger partial charge < -0.3 is 10.5 Å². The van der Waals surface area contributed by atoms with Crippen LogP contribution in [-0.4, -0.2) is 6.61 Å². The summed E-state index contributed by atoms with van der Waals surface area (Å²) in [5, 5.41) is 0.669. The zero-order chi connectivity index (χ0) is 13.5. The molecule has 0 aliphatic heterocycles. The molecular weight excluding hydrogens is 258 g/mol. The Bertz CT molecular complexity index is 513. The summed E-state index contributed by atoms with van der Waals surface area (Å²) in [6.07, 6.45) is 2.05. The van der Waals surface area contributed by atoms with E-state index in [0.717, 1.165) is 25.0 Å². The third-order valence-corrected chi connectivity index (χ3v) is 3.28. The van der Waals surface area contributed by atoms with Crippen LogP contribution in [0.3, 0.4) is 0 Å². The number of nitrogen functional groups attached to an aromatic ring is 1. The number of ether oxygens (including phenoxy) is 1. The van der Waals surface area contributed by atoms with Gasteiger partial charge in [-0.2, -0.15) is 0 Å². The topological polar surface area (TPSA) is 35.2 Å². The van der Waals surface area contributed by atoms with Gasteiger partial charge in [0.25, 0.3) is 0 Å². The second-order valence-corrected chi connectivity index (χ2v) is 4.90. The predicted molar refractivity (Wildman–Crippen MR) is 80.3 cm³/mol. The summed E-state index contributed by atoms with van der Waals surface area (Å²) in [6, 6.07) is 15.9. The number of hydrogen-bond acceptors (Lipinski definition) is 2. The van der Waals surface area contributed by atoms with E-state index >= 15 is 0 Å². The monoisotopic (exact) mass is 275 g/mol. The summed E-state index contributed by atoms with van der Waals surface area (Å²) in [5.74, 6) is 0.